The van der Waals surface area contributed by atoms with E-state index in [9.17, 15) is 10.2 Å². The van der Waals surface area contributed by atoms with Crippen LogP contribution in [0, 0.1) is 0 Å². The lowest BCUT2D eigenvalue weighted by molar-refractivity contribution is -0.0153. The summed E-state index contributed by atoms with van der Waals surface area (Å²) in [7, 11) is 1.58. The molecule has 0 aromatic heterocycles. The number of hydrogen-bond acceptors (Lipinski definition) is 6. The number of nitrogens with one attached hydrogen (secondary N) is 1. The van der Waals surface area contributed by atoms with Gasteiger partial charge in [-0.25, -0.2) is 0 Å². The van der Waals surface area contributed by atoms with Crippen molar-refractivity contribution < 1.29 is 24.8 Å². The first-order valence-corrected chi connectivity index (χ1v) is 5.68. The second kappa shape index (κ2) is 5.53. The van der Waals surface area contributed by atoms with Crippen molar-refractivity contribution in [2.24, 2.45) is 0 Å². The minimum absolute atomic E-state index is 0.334. The van der Waals surface area contributed by atoms with Crippen LogP contribution < -0.4 is 10.1 Å². The van der Waals surface area contributed by atoms with E-state index in [1.807, 2.05) is 0 Å². The summed E-state index contributed by atoms with van der Waals surface area (Å²) in [6, 6.07) is 7.08. The highest BCUT2D eigenvalue weighted by Gasteiger charge is 2.42. The van der Waals surface area contributed by atoms with E-state index in [4.69, 9.17) is 14.6 Å². The molecule has 0 bridgehead atoms. The molecule has 1 heterocycles. The van der Waals surface area contributed by atoms with Gasteiger partial charge in [-0.2, -0.15) is 0 Å². The monoisotopic (exact) mass is 255 g/mol. The first-order valence-electron chi connectivity index (χ1n) is 5.68. The first-order chi connectivity index (χ1) is 8.65. The number of anilines is 1. The minimum atomic E-state index is -1.09. The Bertz CT molecular complexity index is 383. The van der Waals surface area contributed by atoms with Crippen LogP contribution in [0.1, 0.15) is 0 Å². The van der Waals surface area contributed by atoms with E-state index in [1.54, 1.807) is 31.4 Å². The number of methoxy groups -OCH3 is 1. The van der Waals surface area contributed by atoms with Gasteiger partial charge in [0, 0.05) is 5.69 Å². The Hall–Kier alpha value is -1.34. The maximum Gasteiger partial charge on any atom is 0.157 e. The molecule has 1 aromatic rings. The first kappa shape index (κ1) is 13.1. The van der Waals surface area contributed by atoms with Crippen LogP contribution in [-0.2, 0) is 4.74 Å². The molecular formula is C12H17NO5. The summed E-state index contributed by atoms with van der Waals surface area (Å²) in [5.74, 6) is 0.724. The maximum absolute atomic E-state index is 9.75. The highest BCUT2D eigenvalue weighted by molar-refractivity contribution is 5.47. The number of aliphatic hydroxyl groups is 3. The Morgan fingerprint density at radius 2 is 1.89 bits per heavy atom. The molecule has 4 atom stereocenters. The zero-order chi connectivity index (χ0) is 13.1. The van der Waals surface area contributed by atoms with Gasteiger partial charge in [-0.3, -0.25) is 0 Å². The topological polar surface area (TPSA) is 91.2 Å². The molecule has 1 fully saturated rings. The average molecular weight is 255 g/mol. The molecule has 4 N–H and O–H groups in total. The van der Waals surface area contributed by atoms with Gasteiger partial charge < -0.3 is 30.1 Å². The number of aliphatic hydroxyl groups excluding tert-OH is 3. The molecular weight excluding hydrogens is 238 g/mol. The maximum atomic E-state index is 9.75. The van der Waals surface area contributed by atoms with Crippen LogP contribution in [0.2, 0.25) is 0 Å². The molecule has 6 nitrogen and oxygen atoms in total. The molecule has 2 rings (SSSR count). The van der Waals surface area contributed by atoms with E-state index in [-0.39, 0.29) is 6.61 Å². The molecule has 0 amide bonds. The van der Waals surface area contributed by atoms with Gasteiger partial charge in [-0.1, -0.05) is 0 Å². The van der Waals surface area contributed by atoms with Crippen molar-refractivity contribution in [3.8, 4) is 5.75 Å². The van der Waals surface area contributed by atoms with Crippen LogP contribution in [0.5, 0.6) is 5.75 Å². The van der Waals surface area contributed by atoms with Gasteiger partial charge in [0.1, 0.15) is 24.1 Å². The molecule has 1 saturated heterocycles. The van der Waals surface area contributed by atoms with Crippen molar-refractivity contribution in [1.82, 2.24) is 0 Å². The highest BCUT2D eigenvalue weighted by atomic mass is 16.6. The summed E-state index contributed by atoms with van der Waals surface area (Å²) < 4.78 is 10.3. The molecule has 0 radical (unpaired) electrons. The zero-order valence-corrected chi connectivity index (χ0v) is 9.98. The second-order valence-corrected chi connectivity index (χ2v) is 4.13. The molecule has 1 aliphatic rings. The summed E-state index contributed by atoms with van der Waals surface area (Å²) in [5.41, 5.74) is 0.727. The fourth-order valence-corrected chi connectivity index (χ4v) is 1.87. The van der Waals surface area contributed by atoms with Crippen molar-refractivity contribution >= 4 is 5.69 Å². The van der Waals surface area contributed by atoms with Gasteiger partial charge in [0.25, 0.3) is 0 Å². The molecule has 0 unspecified atom stereocenters. The normalized spacial score (nSPS) is 31.3. The highest BCUT2D eigenvalue weighted by Crippen LogP contribution is 2.24. The van der Waals surface area contributed by atoms with Gasteiger partial charge in [0.15, 0.2) is 6.23 Å². The lowest BCUT2D eigenvalue weighted by Gasteiger charge is -2.17. The summed E-state index contributed by atoms with van der Waals surface area (Å²) in [6.45, 7) is -0.334. The molecule has 0 saturated carbocycles. The molecule has 18 heavy (non-hydrogen) atoms. The smallest absolute Gasteiger partial charge is 0.157 e. The van der Waals surface area contributed by atoms with E-state index in [2.05, 4.69) is 5.32 Å². The van der Waals surface area contributed by atoms with Crippen LogP contribution in [0.3, 0.4) is 0 Å². The van der Waals surface area contributed by atoms with Crippen LogP contribution >= 0.6 is 0 Å². The average Bonchev–Trinajstić information content (AvgIpc) is 2.67. The third-order valence-corrected chi connectivity index (χ3v) is 2.94. The van der Waals surface area contributed by atoms with Crippen molar-refractivity contribution in [3.05, 3.63) is 24.3 Å². The predicted octanol–water partition coefficient (Wildman–Crippen LogP) is -0.454. The second-order valence-electron chi connectivity index (χ2n) is 4.13. The summed E-state index contributed by atoms with van der Waals surface area (Å²) in [5, 5.41) is 31.2. The van der Waals surface area contributed by atoms with Crippen LogP contribution in [0.25, 0.3) is 0 Å². The third kappa shape index (κ3) is 2.56. The Balaban J connectivity index is 2.00. The number of hydrogen-bond donors (Lipinski definition) is 4. The van der Waals surface area contributed by atoms with Crippen molar-refractivity contribution in [2.45, 2.75) is 24.5 Å². The van der Waals surface area contributed by atoms with Crippen molar-refractivity contribution in [3.63, 3.8) is 0 Å². The standard InChI is InChI=1S/C12H17NO5/c1-17-8-4-2-7(3-5-8)13-12-11(16)10(15)9(6-14)18-12/h2-5,9-16H,6H2,1H3/t9-,10+,11-,12+/m0/s1. The van der Waals surface area contributed by atoms with Crippen LogP contribution in [-0.4, -0.2) is 53.6 Å². The predicted molar refractivity (Wildman–Crippen MR) is 64.4 cm³/mol. The molecule has 6 heteroatoms. The lowest BCUT2D eigenvalue weighted by atomic mass is 10.1. The number of ether oxygens (including phenoxy) is 2. The summed E-state index contributed by atoms with van der Waals surface area (Å²) >= 11 is 0. The Labute approximate surface area is 105 Å². The van der Waals surface area contributed by atoms with E-state index < -0.39 is 24.5 Å². The summed E-state index contributed by atoms with van der Waals surface area (Å²) in [6.07, 6.45) is -3.68. The van der Waals surface area contributed by atoms with E-state index >= 15 is 0 Å². The van der Waals surface area contributed by atoms with Crippen LogP contribution in [0.15, 0.2) is 24.3 Å². The van der Waals surface area contributed by atoms with Gasteiger partial charge in [0.2, 0.25) is 0 Å². The SMILES string of the molecule is COc1ccc(N[C@@H]2O[C@@H](CO)[C@@H](O)[C@@H]2O)cc1. The van der Waals surface area contributed by atoms with E-state index in [1.165, 1.54) is 0 Å². The van der Waals surface area contributed by atoms with Gasteiger partial charge in [0.05, 0.1) is 13.7 Å². The molecule has 100 valence electrons. The van der Waals surface area contributed by atoms with Crippen LogP contribution in [0.4, 0.5) is 5.69 Å². The molecule has 0 aliphatic carbocycles. The van der Waals surface area contributed by atoms with E-state index in [0.29, 0.717) is 0 Å². The molecule has 0 spiro atoms. The fraction of sp³-hybridized carbons (Fsp3) is 0.500. The number of rotatable bonds is 4. The Morgan fingerprint density at radius 3 is 2.39 bits per heavy atom. The van der Waals surface area contributed by atoms with Crippen molar-refractivity contribution in [2.75, 3.05) is 19.0 Å². The third-order valence-electron chi connectivity index (χ3n) is 2.94. The number of benzene rings is 1. The van der Waals surface area contributed by atoms with Gasteiger partial charge >= 0.3 is 0 Å². The Morgan fingerprint density at radius 1 is 1.22 bits per heavy atom. The van der Waals surface area contributed by atoms with Gasteiger partial charge in [-0.05, 0) is 24.3 Å². The lowest BCUT2D eigenvalue weighted by Crippen LogP contribution is -2.36. The molecule has 1 aromatic carbocycles. The van der Waals surface area contributed by atoms with Crippen molar-refractivity contribution in [1.29, 1.82) is 0 Å². The van der Waals surface area contributed by atoms with Gasteiger partial charge in [-0.15, -0.1) is 0 Å². The fourth-order valence-electron chi connectivity index (χ4n) is 1.87. The largest absolute Gasteiger partial charge is 0.497 e. The van der Waals surface area contributed by atoms with E-state index in [0.717, 1.165) is 11.4 Å². The summed E-state index contributed by atoms with van der Waals surface area (Å²) in [4.78, 5) is 0. The minimum Gasteiger partial charge on any atom is -0.497 e. The zero-order valence-electron chi connectivity index (χ0n) is 9.98. The quantitative estimate of drug-likeness (QED) is 0.582. The molecule has 1 aliphatic heterocycles. The Kier molecular flexibility index (Phi) is 4.03.